The molecule has 3 aromatic rings. The molecule has 0 fully saturated rings. The minimum Gasteiger partial charge on any atom is -0.352 e. The van der Waals surface area contributed by atoms with Crippen LogP contribution in [-0.2, 0) is 17.6 Å². The predicted molar refractivity (Wildman–Crippen MR) is 110 cm³/mol. The fourth-order valence-corrected chi connectivity index (χ4v) is 4.18. The van der Waals surface area contributed by atoms with Crippen LogP contribution in [0.4, 0.5) is 0 Å². The minimum absolute atomic E-state index is 0.127. The molecule has 0 saturated carbocycles. The number of nitrogens with zero attached hydrogens (tertiary/aromatic N) is 1. The molecule has 1 amide bonds. The number of carbonyl (C=O) groups is 1. The molecule has 0 spiro atoms. The van der Waals surface area contributed by atoms with Gasteiger partial charge in [0.05, 0.1) is 15.2 Å². The molecule has 0 aliphatic carbocycles. The standard InChI is InChI=1S/C21H21ClN2OS/c1-2-20(25)23-14-16(12-15-6-4-3-5-7-15)8-11-21-24-18-10-9-17(22)13-19(18)26-21/h2-7,9-10,13,16H,1,8,11-12,14H2,(H,23,25). The van der Waals surface area contributed by atoms with Crippen LogP contribution < -0.4 is 5.32 Å². The number of hydrogen-bond donors (Lipinski definition) is 1. The van der Waals surface area contributed by atoms with Crippen LogP contribution in [0.25, 0.3) is 10.2 Å². The SMILES string of the molecule is C=CC(=O)NCC(CCc1nc2ccc(Cl)cc2s1)Cc1ccccc1. The molecule has 3 nitrogen and oxygen atoms in total. The maximum Gasteiger partial charge on any atom is 0.243 e. The Morgan fingerprint density at radius 1 is 1.27 bits per heavy atom. The first-order valence-corrected chi connectivity index (χ1v) is 9.82. The average molecular weight is 385 g/mol. The van der Waals surface area contributed by atoms with Crippen molar-refractivity contribution >= 4 is 39.1 Å². The van der Waals surface area contributed by atoms with Gasteiger partial charge in [-0.2, -0.15) is 0 Å². The first-order chi connectivity index (χ1) is 12.6. The van der Waals surface area contributed by atoms with Gasteiger partial charge in [-0.25, -0.2) is 4.98 Å². The van der Waals surface area contributed by atoms with E-state index in [1.165, 1.54) is 11.6 Å². The summed E-state index contributed by atoms with van der Waals surface area (Å²) in [6.07, 6.45) is 4.09. The second kappa shape index (κ2) is 8.97. The third-order valence-electron chi connectivity index (χ3n) is 4.28. The van der Waals surface area contributed by atoms with Gasteiger partial charge in [0.25, 0.3) is 0 Å². The van der Waals surface area contributed by atoms with Gasteiger partial charge in [-0.1, -0.05) is 48.5 Å². The van der Waals surface area contributed by atoms with Gasteiger partial charge in [0.15, 0.2) is 0 Å². The molecule has 1 N–H and O–H groups in total. The molecule has 1 atom stereocenters. The molecular weight excluding hydrogens is 364 g/mol. The molecule has 0 saturated heterocycles. The lowest BCUT2D eigenvalue weighted by Crippen LogP contribution is -2.29. The lowest BCUT2D eigenvalue weighted by molar-refractivity contribution is -0.116. The van der Waals surface area contributed by atoms with E-state index in [4.69, 9.17) is 16.6 Å². The summed E-state index contributed by atoms with van der Waals surface area (Å²) >= 11 is 7.75. The Balaban J connectivity index is 1.66. The van der Waals surface area contributed by atoms with Crippen molar-refractivity contribution in [1.82, 2.24) is 10.3 Å². The predicted octanol–water partition coefficient (Wildman–Crippen LogP) is 5.04. The number of benzene rings is 2. The molecule has 0 radical (unpaired) electrons. The molecule has 3 rings (SSSR count). The van der Waals surface area contributed by atoms with Gasteiger partial charge >= 0.3 is 0 Å². The molecule has 0 bridgehead atoms. The zero-order chi connectivity index (χ0) is 18.4. The van der Waals surface area contributed by atoms with Crippen molar-refractivity contribution in [3.8, 4) is 0 Å². The number of nitrogens with one attached hydrogen (secondary N) is 1. The fraction of sp³-hybridized carbons (Fsp3) is 0.238. The monoisotopic (exact) mass is 384 g/mol. The number of fused-ring (bicyclic) bond motifs is 1. The van der Waals surface area contributed by atoms with E-state index in [0.29, 0.717) is 12.5 Å². The van der Waals surface area contributed by atoms with Crippen LogP contribution >= 0.6 is 22.9 Å². The van der Waals surface area contributed by atoms with Crippen molar-refractivity contribution in [2.24, 2.45) is 5.92 Å². The zero-order valence-corrected chi connectivity index (χ0v) is 16.0. The maximum atomic E-state index is 11.5. The van der Waals surface area contributed by atoms with E-state index < -0.39 is 0 Å². The van der Waals surface area contributed by atoms with Crippen molar-refractivity contribution in [3.63, 3.8) is 0 Å². The number of amides is 1. The highest BCUT2D eigenvalue weighted by Crippen LogP contribution is 2.27. The van der Waals surface area contributed by atoms with Gasteiger partial charge < -0.3 is 5.32 Å². The molecule has 0 aliphatic heterocycles. The minimum atomic E-state index is -0.127. The molecule has 26 heavy (non-hydrogen) atoms. The largest absolute Gasteiger partial charge is 0.352 e. The molecule has 1 heterocycles. The van der Waals surface area contributed by atoms with E-state index in [1.807, 2.05) is 36.4 Å². The summed E-state index contributed by atoms with van der Waals surface area (Å²) < 4.78 is 1.12. The summed E-state index contributed by atoms with van der Waals surface area (Å²) in [6, 6.07) is 16.2. The Labute approximate surface area is 162 Å². The van der Waals surface area contributed by atoms with Crippen molar-refractivity contribution in [2.75, 3.05) is 6.54 Å². The van der Waals surface area contributed by atoms with Gasteiger partial charge in [-0.3, -0.25) is 4.79 Å². The van der Waals surface area contributed by atoms with Gasteiger partial charge in [-0.15, -0.1) is 11.3 Å². The van der Waals surface area contributed by atoms with E-state index >= 15 is 0 Å². The summed E-state index contributed by atoms with van der Waals surface area (Å²) in [7, 11) is 0. The maximum absolute atomic E-state index is 11.5. The van der Waals surface area contributed by atoms with E-state index in [0.717, 1.165) is 39.5 Å². The van der Waals surface area contributed by atoms with Crippen molar-refractivity contribution < 1.29 is 4.79 Å². The zero-order valence-electron chi connectivity index (χ0n) is 14.5. The highest BCUT2D eigenvalue weighted by Gasteiger charge is 2.13. The summed E-state index contributed by atoms with van der Waals surface area (Å²) in [6.45, 7) is 4.15. The Morgan fingerprint density at radius 3 is 2.85 bits per heavy atom. The van der Waals surface area contributed by atoms with Crippen molar-refractivity contribution in [2.45, 2.75) is 19.3 Å². The lowest BCUT2D eigenvalue weighted by Gasteiger charge is -2.17. The van der Waals surface area contributed by atoms with E-state index in [9.17, 15) is 4.79 Å². The third-order valence-corrected chi connectivity index (χ3v) is 5.59. The second-order valence-electron chi connectivity index (χ2n) is 6.26. The number of hydrogen-bond acceptors (Lipinski definition) is 3. The van der Waals surface area contributed by atoms with Crippen molar-refractivity contribution in [1.29, 1.82) is 0 Å². The normalized spacial score (nSPS) is 12.0. The van der Waals surface area contributed by atoms with Crippen LogP contribution in [0.1, 0.15) is 17.0 Å². The molecule has 2 aromatic carbocycles. The number of halogens is 1. The second-order valence-corrected chi connectivity index (χ2v) is 7.81. The number of rotatable bonds is 8. The Kier molecular flexibility index (Phi) is 6.42. The number of aryl methyl sites for hydroxylation is 1. The fourth-order valence-electron chi connectivity index (χ4n) is 2.92. The van der Waals surface area contributed by atoms with Gasteiger partial charge in [0.2, 0.25) is 5.91 Å². The van der Waals surface area contributed by atoms with Gasteiger partial charge in [-0.05, 0) is 55.0 Å². The van der Waals surface area contributed by atoms with E-state index in [-0.39, 0.29) is 5.91 Å². The van der Waals surface area contributed by atoms with Crippen LogP contribution in [0, 0.1) is 5.92 Å². The van der Waals surface area contributed by atoms with Crippen LogP contribution in [0.5, 0.6) is 0 Å². The number of aromatic nitrogens is 1. The lowest BCUT2D eigenvalue weighted by atomic mass is 9.94. The molecule has 5 heteroatoms. The first-order valence-electron chi connectivity index (χ1n) is 8.63. The summed E-state index contributed by atoms with van der Waals surface area (Å²) in [5.74, 6) is 0.217. The highest BCUT2D eigenvalue weighted by molar-refractivity contribution is 7.18. The number of thiazole rings is 1. The summed E-state index contributed by atoms with van der Waals surface area (Å²) in [4.78, 5) is 16.2. The molecule has 0 aliphatic rings. The summed E-state index contributed by atoms with van der Waals surface area (Å²) in [5, 5.41) is 4.78. The van der Waals surface area contributed by atoms with E-state index in [1.54, 1.807) is 11.3 Å². The molecule has 1 unspecified atom stereocenters. The van der Waals surface area contributed by atoms with Crippen LogP contribution in [-0.4, -0.2) is 17.4 Å². The Bertz CT molecular complexity index is 891. The quantitative estimate of drug-likeness (QED) is 0.552. The van der Waals surface area contributed by atoms with Crippen molar-refractivity contribution in [3.05, 3.63) is 76.8 Å². The summed E-state index contributed by atoms with van der Waals surface area (Å²) in [5.41, 5.74) is 2.27. The van der Waals surface area contributed by atoms with Gasteiger partial charge in [0.1, 0.15) is 0 Å². The van der Waals surface area contributed by atoms with E-state index in [2.05, 4.69) is 24.0 Å². The van der Waals surface area contributed by atoms with Gasteiger partial charge in [0, 0.05) is 11.6 Å². The van der Waals surface area contributed by atoms with Crippen LogP contribution in [0.15, 0.2) is 61.2 Å². The molecule has 134 valence electrons. The molecule has 1 aromatic heterocycles. The average Bonchev–Trinajstić information content (AvgIpc) is 3.06. The Hall–Kier alpha value is -2.17. The molecular formula is C21H21ClN2OS. The Morgan fingerprint density at radius 2 is 2.08 bits per heavy atom. The van der Waals surface area contributed by atoms with Crippen LogP contribution in [0.2, 0.25) is 5.02 Å². The smallest absolute Gasteiger partial charge is 0.243 e. The highest BCUT2D eigenvalue weighted by atomic mass is 35.5. The van der Waals surface area contributed by atoms with Crippen LogP contribution in [0.3, 0.4) is 0 Å². The topological polar surface area (TPSA) is 42.0 Å². The number of carbonyl (C=O) groups excluding carboxylic acids is 1. The first kappa shape index (κ1) is 18.6. The third kappa shape index (κ3) is 5.16.